The van der Waals surface area contributed by atoms with Crippen LogP contribution < -0.4 is 10.6 Å². The first-order valence-electron chi connectivity index (χ1n) is 8.79. The molecule has 0 saturated heterocycles. The van der Waals surface area contributed by atoms with Crippen molar-refractivity contribution < 1.29 is 9.59 Å². The first-order valence-corrected chi connectivity index (χ1v) is 9.60. The summed E-state index contributed by atoms with van der Waals surface area (Å²) in [4.78, 5) is 30.1. The van der Waals surface area contributed by atoms with Gasteiger partial charge in [-0.25, -0.2) is 4.98 Å². The lowest BCUT2D eigenvalue weighted by Crippen LogP contribution is -2.41. The minimum Gasteiger partial charge on any atom is -0.353 e. The molecule has 0 bridgehead atoms. The van der Waals surface area contributed by atoms with Gasteiger partial charge < -0.3 is 10.6 Å². The Balaban J connectivity index is 1.37. The predicted molar refractivity (Wildman–Crippen MR) is 88.5 cm³/mol. The van der Waals surface area contributed by atoms with Crippen molar-refractivity contribution in [2.75, 3.05) is 0 Å². The lowest BCUT2D eigenvalue weighted by atomic mass is 9.96. The number of aromatic nitrogens is 1. The number of amides is 2. The zero-order chi connectivity index (χ0) is 15.8. The fraction of sp³-hybridized carbons (Fsp3) is 0.706. The van der Waals surface area contributed by atoms with E-state index in [2.05, 4.69) is 15.6 Å². The van der Waals surface area contributed by atoms with Crippen LogP contribution in [0.25, 0.3) is 0 Å². The van der Waals surface area contributed by atoms with Crippen molar-refractivity contribution in [3.8, 4) is 0 Å². The standard InChI is InChI=1S/C17H23N3O2S/c21-15(10-3-1-2-4-10)19-12-7-8-13-14(9-12)23-17(20-13)16(22)18-11-5-6-11/h10-12H,1-9H2,(H,18,22)(H,19,21)/t12-/m0/s1. The molecular formula is C17H23N3O2S. The fourth-order valence-corrected chi connectivity index (χ4v) is 4.67. The average Bonchev–Trinajstić information content (AvgIpc) is 3.05. The van der Waals surface area contributed by atoms with Gasteiger partial charge in [-0.15, -0.1) is 11.3 Å². The molecule has 1 atom stereocenters. The van der Waals surface area contributed by atoms with Crippen molar-refractivity contribution in [1.82, 2.24) is 15.6 Å². The Bertz CT molecular complexity index is 617. The van der Waals surface area contributed by atoms with Crippen molar-refractivity contribution in [1.29, 1.82) is 0 Å². The quantitative estimate of drug-likeness (QED) is 0.887. The van der Waals surface area contributed by atoms with E-state index in [1.165, 1.54) is 29.1 Å². The number of carbonyl (C=O) groups is 2. The van der Waals surface area contributed by atoms with Crippen LogP contribution in [0.15, 0.2) is 0 Å². The van der Waals surface area contributed by atoms with Crippen LogP contribution in [0.1, 0.15) is 65.3 Å². The molecule has 4 rings (SSSR count). The number of rotatable bonds is 4. The summed E-state index contributed by atoms with van der Waals surface area (Å²) in [6.07, 6.45) is 9.23. The Morgan fingerprint density at radius 2 is 1.78 bits per heavy atom. The Kier molecular flexibility index (Phi) is 4.09. The molecule has 0 aliphatic heterocycles. The van der Waals surface area contributed by atoms with E-state index in [9.17, 15) is 9.59 Å². The van der Waals surface area contributed by atoms with Gasteiger partial charge in [0.2, 0.25) is 5.91 Å². The molecule has 6 heteroatoms. The molecular weight excluding hydrogens is 310 g/mol. The second-order valence-electron chi connectivity index (χ2n) is 7.07. The van der Waals surface area contributed by atoms with Crippen molar-refractivity contribution in [3.63, 3.8) is 0 Å². The Morgan fingerprint density at radius 1 is 1.00 bits per heavy atom. The number of carbonyl (C=O) groups excluding carboxylic acids is 2. The SMILES string of the molecule is O=C(NC1CC1)c1nc2c(s1)C[C@@H](NC(=O)C1CCCC1)CC2. The summed E-state index contributed by atoms with van der Waals surface area (Å²) >= 11 is 1.50. The molecule has 2 amide bonds. The predicted octanol–water partition coefficient (Wildman–Crippen LogP) is 2.20. The fourth-order valence-electron chi connectivity index (χ4n) is 3.58. The third-order valence-corrected chi connectivity index (χ3v) is 6.24. The zero-order valence-corrected chi connectivity index (χ0v) is 14.1. The molecule has 2 fully saturated rings. The number of aryl methyl sites for hydroxylation is 1. The van der Waals surface area contributed by atoms with E-state index in [0.29, 0.717) is 11.0 Å². The third kappa shape index (κ3) is 3.42. The smallest absolute Gasteiger partial charge is 0.280 e. The molecule has 2 N–H and O–H groups in total. The summed E-state index contributed by atoms with van der Waals surface area (Å²) < 4.78 is 0. The maximum absolute atomic E-state index is 12.3. The lowest BCUT2D eigenvalue weighted by Gasteiger charge is -2.23. The van der Waals surface area contributed by atoms with Crippen LogP contribution in [0, 0.1) is 5.92 Å². The van der Waals surface area contributed by atoms with Gasteiger partial charge in [-0.2, -0.15) is 0 Å². The maximum Gasteiger partial charge on any atom is 0.280 e. The van der Waals surface area contributed by atoms with Gasteiger partial charge in [-0.1, -0.05) is 12.8 Å². The van der Waals surface area contributed by atoms with Gasteiger partial charge in [0.25, 0.3) is 5.91 Å². The highest BCUT2D eigenvalue weighted by molar-refractivity contribution is 7.13. The number of hydrogen-bond acceptors (Lipinski definition) is 4. The molecule has 5 nitrogen and oxygen atoms in total. The molecule has 3 aliphatic rings. The lowest BCUT2D eigenvalue weighted by molar-refractivity contribution is -0.125. The molecule has 3 aliphatic carbocycles. The van der Waals surface area contributed by atoms with E-state index in [0.717, 1.165) is 50.6 Å². The minimum absolute atomic E-state index is 0.0292. The highest BCUT2D eigenvalue weighted by Crippen LogP contribution is 2.29. The Hall–Kier alpha value is -1.43. The van der Waals surface area contributed by atoms with E-state index >= 15 is 0 Å². The number of hydrogen-bond donors (Lipinski definition) is 2. The van der Waals surface area contributed by atoms with Crippen molar-refractivity contribution in [3.05, 3.63) is 15.6 Å². The van der Waals surface area contributed by atoms with Crippen LogP contribution in [0.3, 0.4) is 0 Å². The zero-order valence-electron chi connectivity index (χ0n) is 13.3. The van der Waals surface area contributed by atoms with Gasteiger partial charge >= 0.3 is 0 Å². The average molecular weight is 333 g/mol. The third-order valence-electron chi connectivity index (χ3n) is 5.12. The van der Waals surface area contributed by atoms with Crippen LogP contribution >= 0.6 is 11.3 Å². The van der Waals surface area contributed by atoms with Crippen LogP contribution in [-0.4, -0.2) is 28.9 Å². The first-order chi connectivity index (χ1) is 11.2. The van der Waals surface area contributed by atoms with E-state index < -0.39 is 0 Å². The monoisotopic (exact) mass is 333 g/mol. The molecule has 124 valence electrons. The molecule has 0 aromatic carbocycles. The van der Waals surface area contributed by atoms with Crippen LogP contribution in [0.4, 0.5) is 0 Å². The molecule has 1 heterocycles. The maximum atomic E-state index is 12.3. The van der Waals surface area contributed by atoms with Crippen LogP contribution in [0.5, 0.6) is 0 Å². The summed E-state index contributed by atoms with van der Waals surface area (Å²) in [5.41, 5.74) is 1.06. The van der Waals surface area contributed by atoms with E-state index in [1.807, 2.05) is 0 Å². The Morgan fingerprint density at radius 3 is 2.52 bits per heavy atom. The van der Waals surface area contributed by atoms with Gasteiger partial charge in [-0.3, -0.25) is 9.59 Å². The summed E-state index contributed by atoms with van der Waals surface area (Å²) in [5.74, 6) is 0.420. The second kappa shape index (κ2) is 6.23. The number of fused-ring (bicyclic) bond motifs is 1. The van der Waals surface area contributed by atoms with E-state index in [4.69, 9.17) is 0 Å². The van der Waals surface area contributed by atoms with Gasteiger partial charge in [0.05, 0.1) is 5.69 Å². The first kappa shape index (κ1) is 15.1. The molecule has 0 radical (unpaired) electrons. The van der Waals surface area contributed by atoms with Crippen LogP contribution in [0.2, 0.25) is 0 Å². The molecule has 1 aromatic heterocycles. The molecule has 2 saturated carbocycles. The van der Waals surface area contributed by atoms with Gasteiger partial charge in [0, 0.05) is 29.3 Å². The molecule has 1 aromatic rings. The summed E-state index contributed by atoms with van der Waals surface area (Å²) in [6, 6.07) is 0.567. The van der Waals surface area contributed by atoms with E-state index in [-0.39, 0.29) is 23.8 Å². The van der Waals surface area contributed by atoms with Crippen molar-refractivity contribution in [2.45, 2.75) is 69.9 Å². The van der Waals surface area contributed by atoms with Gasteiger partial charge in [-0.05, 0) is 38.5 Å². The van der Waals surface area contributed by atoms with Gasteiger partial charge in [0.1, 0.15) is 0 Å². The minimum atomic E-state index is -0.0292. The molecule has 23 heavy (non-hydrogen) atoms. The highest BCUT2D eigenvalue weighted by Gasteiger charge is 2.30. The number of thiazole rings is 1. The van der Waals surface area contributed by atoms with Crippen LogP contribution in [-0.2, 0) is 17.6 Å². The number of nitrogens with one attached hydrogen (secondary N) is 2. The molecule has 0 unspecified atom stereocenters. The second-order valence-corrected chi connectivity index (χ2v) is 8.15. The van der Waals surface area contributed by atoms with Gasteiger partial charge in [0.15, 0.2) is 5.01 Å². The topological polar surface area (TPSA) is 71.1 Å². The molecule has 0 spiro atoms. The summed E-state index contributed by atoms with van der Waals surface area (Å²) in [7, 11) is 0. The van der Waals surface area contributed by atoms with Crippen molar-refractivity contribution >= 4 is 23.2 Å². The number of nitrogens with zero attached hydrogens (tertiary/aromatic N) is 1. The largest absolute Gasteiger partial charge is 0.353 e. The normalized spacial score (nSPS) is 24.3. The summed E-state index contributed by atoms with van der Waals surface area (Å²) in [5, 5.41) is 6.81. The summed E-state index contributed by atoms with van der Waals surface area (Å²) in [6.45, 7) is 0. The van der Waals surface area contributed by atoms with Crippen molar-refractivity contribution in [2.24, 2.45) is 5.92 Å². The highest BCUT2D eigenvalue weighted by atomic mass is 32.1. The Labute approximate surface area is 140 Å². The van der Waals surface area contributed by atoms with E-state index in [1.54, 1.807) is 0 Å².